The molecule has 0 aliphatic heterocycles. The smallest absolute Gasteiger partial charge is 0.339 e. The van der Waals surface area contributed by atoms with E-state index in [4.69, 9.17) is 5.73 Å². The summed E-state index contributed by atoms with van der Waals surface area (Å²) in [5.74, 6) is 4.88. The van der Waals surface area contributed by atoms with E-state index in [1.807, 2.05) is 0 Å². The normalized spacial score (nSPS) is 9.00. The zero-order valence-electron chi connectivity index (χ0n) is 10.2. The average molecular weight is 246 g/mol. The molecule has 0 spiro atoms. The van der Waals surface area contributed by atoms with E-state index in [9.17, 15) is 9.59 Å². The molecule has 0 heterocycles. The third-order valence-corrected chi connectivity index (χ3v) is 2.16. The molecule has 1 aromatic rings. The van der Waals surface area contributed by atoms with Gasteiger partial charge in [0.05, 0.1) is 24.9 Å². The second-order valence-electron chi connectivity index (χ2n) is 3.47. The molecular formula is C13H14N2O3. The lowest BCUT2D eigenvalue weighted by atomic mass is 10.1. The van der Waals surface area contributed by atoms with E-state index < -0.39 is 5.97 Å². The van der Waals surface area contributed by atoms with Crippen LogP contribution in [-0.4, -0.2) is 25.5 Å². The summed E-state index contributed by atoms with van der Waals surface area (Å²) in [5.41, 5.74) is 6.90. The molecule has 0 atom stereocenters. The summed E-state index contributed by atoms with van der Waals surface area (Å²) in [6.45, 7) is 1.64. The third-order valence-electron chi connectivity index (χ3n) is 2.16. The minimum atomic E-state index is -0.502. The van der Waals surface area contributed by atoms with Gasteiger partial charge in [0, 0.05) is 12.5 Å². The minimum absolute atomic E-state index is 0.152. The van der Waals surface area contributed by atoms with Gasteiger partial charge in [-0.15, -0.1) is 0 Å². The van der Waals surface area contributed by atoms with Crippen LogP contribution in [0.25, 0.3) is 0 Å². The summed E-state index contributed by atoms with van der Waals surface area (Å²) in [6, 6.07) is 4.94. The Kier molecular flexibility index (Phi) is 4.76. The van der Waals surface area contributed by atoms with E-state index in [0.717, 1.165) is 0 Å². The van der Waals surface area contributed by atoms with Crippen molar-refractivity contribution in [1.82, 2.24) is 5.32 Å². The predicted molar refractivity (Wildman–Crippen MR) is 67.8 cm³/mol. The van der Waals surface area contributed by atoms with Crippen LogP contribution in [0, 0.1) is 11.8 Å². The fraction of sp³-hybridized carbons (Fsp3) is 0.231. The summed E-state index contributed by atoms with van der Waals surface area (Å²) in [4.78, 5) is 22.0. The predicted octanol–water partition coefficient (Wildman–Crippen LogP) is 0.543. The van der Waals surface area contributed by atoms with Crippen molar-refractivity contribution in [2.75, 3.05) is 19.4 Å². The van der Waals surface area contributed by atoms with Gasteiger partial charge in [0.15, 0.2) is 0 Å². The van der Waals surface area contributed by atoms with Crippen molar-refractivity contribution >= 4 is 17.6 Å². The molecular weight excluding hydrogens is 232 g/mol. The summed E-state index contributed by atoms with van der Waals surface area (Å²) >= 11 is 0. The molecule has 5 heteroatoms. The maximum atomic E-state index is 11.4. The molecule has 0 saturated heterocycles. The fourth-order valence-corrected chi connectivity index (χ4v) is 1.27. The first kappa shape index (κ1) is 13.6. The monoisotopic (exact) mass is 246 g/mol. The van der Waals surface area contributed by atoms with Crippen LogP contribution in [0.1, 0.15) is 22.8 Å². The van der Waals surface area contributed by atoms with Crippen LogP contribution in [0.4, 0.5) is 5.69 Å². The van der Waals surface area contributed by atoms with Crippen LogP contribution < -0.4 is 11.1 Å². The van der Waals surface area contributed by atoms with E-state index in [1.54, 1.807) is 18.2 Å². The van der Waals surface area contributed by atoms with E-state index in [1.165, 1.54) is 14.0 Å². The Morgan fingerprint density at radius 1 is 1.44 bits per heavy atom. The van der Waals surface area contributed by atoms with Crippen LogP contribution in [0.2, 0.25) is 0 Å². The first-order chi connectivity index (χ1) is 8.56. The molecule has 0 aliphatic rings. The molecule has 1 amide bonds. The third kappa shape index (κ3) is 3.52. The van der Waals surface area contributed by atoms with Gasteiger partial charge in [-0.2, -0.15) is 0 Å². The number of esters is 1. The van der Waals surface area contributed by atoms with Crippen LogP contribution in [0.15, 0.2) is 18.2 Å². The number of carbonyl (C=O) groups is 2. The highest BCUT2D eigenvalue weighted by Gasteiger charge is 2.11. The van der Waals surface area contributed by atoms with E-state index >= 15 is 0 Å². The number of amides is 1. The number of ether oxygens (including phenoxy) is 1. The number of rotatable bonds is 2. The largest absolute Gasteiger partial charge is 0.465 e. The van der Waals surface area contributed by atoms with Gasteiger partial charge < -0.3 is 15.8 Å². The van der Waals surface area contributed by atoms with Gasteiger partial charge in [0.25, 0.3) is 0 Å². The SMILES string of the molecule is COC(=O)c1cccc(C#CCNC(C)=O)c1N. The maximum absolute atomic E-state index is 11.4. The van der Waals surface area contributed by atoms with E-state index in [0.29, 0.717) is 5.56 Å². The lowest BCUT2D eigenvalue weighted by Gasteiger charge is -2.04. The highest BCUT2D eigenvalue weighted by molar-refractivity contribution is 5.96. The molecule has 18 heavy (non-hydrogen) atoms. The number of hydrogen-bond acceptors (Lipinski definition) is 4. The second-order valence-corrected chi connectivity index (χ2v) is 3.47. The summed E-state index contributed by atoms with van der Waals surface area (Å²) in [5, 5.41) is 2.54. The van der Waals surface area contributed by atoms with Crippen molar-refractivity contribution in [3.63, 3.8) is 0 Å². The molecule has 0 unspecified atom stereocenters. The molecule has 1 aromatic carbocycles. The molecule has 3 N–H and O–H groups in total. The highest BCUT2D eigenvalue weighted by Crippen LogP contribution is 2.17. The summed E-state index contributed by atoms with van der Waals surface area (Å²) in [6.07, 6.45) is 0. The highest BCUT2D eigenvalue weighted by atomic mass is 16.5. The molecule has 0 fully saturated rings. The topological polar surface area (TPSA) is 81.4 Å². The van der Waals surface area contributed by atoms with Crippen molar-refractivity contribution in [3.8, 4) is 11.8 Å². The zero-order chi connectivity index (χ0) is 13.5. The lowest BCUT2D eigenvalue weighted by Crippen LogP contribution is -2.19. The number of benzene rings is 1. The Bertz CT molecular complexity index is 527. The van der Waals surface area contributed by atoms with Crippen molar-refractivity contribution in [3.05, 3.63) is 29.3 Å². The Balaban J connectivity index is 2.90. The van der Waals surface area contributed by atoms with Gasteiger partial charge in [-0.3, -0.25) is 4.79 Å². The number of nitrogens with two attached hydrogens (primary N) is 1. The number of anilines is 1. The van der Waals surface area contributed by atoms with Crippen molar-refractivity contribution in [2.45, 2.75) is 6.92 Å². The second kappa shape index (κ2) is 6.30. The van der Waals surface area contributed by atoms with Gasteiger partial charge >= 0.3 is 5.97 Å². The van der Waals surface area contributed by atoms with Crippen LogP contribution in [0.3, 0.4) is 0 Å². The maximum Gasteiger partial charge on any atom is 0.339 e. The number of carbonyl (C=O) groups excluding carboxylic acids is 2. The van der Waals surface area contributed by atoms with Gasteiger partial charge in [-0.05, 0) is 12.1 Å². The van der Waals surface area contributed by atoms with Crippen LogP contribution in [0.5, 0.6) is 0 Å². The van der Waals surface area contributed by atoms with Crippen LogP contribution in [-0.2, 0) is 9.53 Å². The zero-order valence-corrected chi connectivity index (χ0v) is 10.2. The fourth-order valence-electron chi connectivity index (χ4n) is 1.27. The first-order valence-corrected chi connectivity index (χ1v) is 5.26. The molecule has 0 bridgehead atoms. The molecule has 1 rings (SSSR count). The molecule has 0 radical (unpaired) electrons. The van der Waals surface area contributed by atoms with Gasteiger partial charge in [-0.1, -0.05) is 17.9 Å². The lowest BCUT2D eigenvalue weighted by molar-refractivity contribution is -0.118. The Labute approximate surface area is 105 Å². The Hall–Kier alpha value is -2.48. The van der Waals surface area contributed by atoms with Gasteiger partial charge in [0.1, 0.15) is 0 Å². The number of para-hydroxylation sites is 1. The minimum Gasteiger partial charge on any atom is -0.465 e. The molecule has 5 nitrogen and oxygen atoms in total. The quantitative estimate of drug-likeness (QED) is 0.453. The summed E-state index contributed by atoms with van der Waals surface area (Å²) in [7, 11) is 1.29. The Morgan fingerprint density at radius 3 is 2.78 bits per heavy atom. The molecule has 0 saturated carbocycles. The van der Waals surface area contributed by atoms with Crippen molar-refractivity contribution in [1.29, 1.82) is 0 Å². The average Bonchev–Trinajstić information content (AvgIpc) is 2.35. The van der Waals surface area contributed by atoms with Gasteiger partial charge in [0.2, 0.25) is 5.91 Å². The van der Waals surface area contributed by atoms with E-state index in [2.05, 4.69) is 21.9 Å². The molecule has 94 valence electrons. The van der Waals surface area contributed by atoms with Crippen molar-refractivity contribution < 1.29 is 14.3 Å². The standard InChI is InChI=1S/C13H14N2O3/c1-9(16)15-8-4-6-10-5-3-7-11(12(10)14)13(17)18-2/h3,5,7H,8,14H2,1-2H3,(H,15,16). The molecule has 0 aromatic heterocycles. The van der Waals surface area contributed by atoms with Gasteiger partial charge in [-0.25, -0.2) is 4.79 Å². The number of methoxy groups -OCH3 is 1. The number of nitrogen functional groups attached to an aromatic ring is 1. The Morgan fingerprint density at radius 2 is 2.17 bits per heavy atom. The number of nitrogens with one attached hydrogen (secondary N) is 1. The summed E-state index contributed by atoms with van der Waals surface area (Å²) < 4.78 is 4.61. The van der Waals surface area contributed by atoms with Crippen LogP contribution >= 0.6 is 0 Å². The number of hydrogen-bond donors (Lipinski definition) is 2. The van der Waals surface area contributed by atoms with Crippen molar-refractivity contribution in [2.24, 2.45) is 0 Å². The van der Waals surface area contributed by atoms with E-state index in [-0.39, 0.29) is 23.7 Å². The first-order valence-electron chi connectivity index (χ1n) is 5.26. The molecule has 0 aliphatic carbocycles.